The highest BCUT2D eigenvalue weighted by molar-refractivity contribution is 5.69. The van der Waals surface area contributed by atoms with Crippen LogP contribution in [0.15, 0.2) is 0 Å². The molecule has 20 heavy (non-hydrogen) atoms. The summed E-state index contributed by atoms with van der Waals surface area (Å²) in [4.78, 5) is 11.7. The van der Waals surface area contributed by atoms with E-state index in [0.29, 0.717) is 18.9 Å². The molecule has 2 heteroatoms. The van der Waals surface area contributed by atoms with Crippen molar-refractivity contribution in [2.24, 2.45) is 5.92 Å². The molecule has 1 aliphatic heterocycles. The van der Waals surface area contributed by atoms with Gasteiger partial charge in [0.25, 0.3) is 0 Å². The van der Waals surface area contributed by atoms with Crippen molar-refractivity contribution in [2.45, 2.75) is 84.0 Å². The average Bonchev–Trinajstić information content (AvgIpc) is 2.44. The third-order valence-electron chi connectivity index (χ3n) is 3.90. The first kappa shape index (κ1) is 17.1. The Labute approximate surface area is 124 Å². The lowest BCUT2D eigenvalue weighted by Gasteiger charge is -2.16. The number of rotatable bonds is 2. The first-order chi connectivity index (χ1) is 9.83. The number of hydrogen-bond donors (Lipinski definition) is 0. The van der Waals surface area contributed by atoms with Crippen LogP contribution in [0.5, 0.6) is 0 Å². The summed E-state index contributed by atoms with van der Waals surface area (Å²) in [5, 5.41) is 0. The minimum atomic E-state index is -0.0417. The topological polar surface area (TPSA) is 26.3 Å². The van der Waals surface area contributed by atoms with E-state index in [2.05, 4.69) is 18.8 Å². The third-order valence-corrected chi connectivity index (χ3v) is 3.90. The van der Waals surface area contributed by atoms with Crippen molar-refractivity contribution >= 4 is 5.97 Å². The Kier molecular flexibility index (Phi) is 10.1. The fourth-order valence-electron chi connectivity index (χ4n) is 2.68. The standard InChI is InChI=1S/C18H30O2/c1-2-13-17-14-11-9-7-5-3-4-6-8-10-12-15-18(19)20-16-17/h17H,2-5,7,9-16H2,1H3. The van der Waals surface area contributed by atoms with Crippen LogP contribution in [0.4, 0.5) is 0 Å². The van der Waals surface area contributed by atoms with Crippen molar-refractivity contribution in [1.82, 2.24) is 0 Å². The first-order valence-electron chi connectivity index (χ1n) is 8.44. The minimum Gasteiger partial charge on any atom is -0.465 e. The molecular weight excluding hydrogens is 248 g/mol. The summed E-state index contributed by atoms with van der Waals surface area (Å²) in [5.41, 5.74) is 0. The lowest BCUT2D eigenvalue weighted by atomic mass is 9.96. The Hall–Kier alpha value is -0.970. The maximum Gasteiger partial charge on any atom is 0.305 e. The summed E-state index contributed by atoms with van der Waals surface area (Å²) < 4.78 is 5.42. The zero-order valence-electron chi connectivity index (χ0n) is 13.1. The predicted molar refractivity (Wildman–Crippen MR) is 83.3 cm³/mol. The van der Waals surface area contributed by atoms with Crippen LogP contribution in [0.2, 0.25) is 0 Å². The van der Waals surface area contributed by atoms with Gasteiger partial charge in [-0.3, -0.25) is 4.79 Å². The van der Waals surface area contributed by atoms with Crippen LogP contribution in [-0.2, 0) is 9.53 Å². The molecule has 1 rings (SSSR count). The maximum atomic E-state index is 11.7. The van der Waals surface area contributed by atoms with Crippen LogP contribution in [0, 0.1) is 17.8 Å². The molecule has 0 aromatic rings. The lowest BCUT2D eigenvalue weighted by molar-refractivity contribution is -0.145. The van der Waals surface area contributed by atoms with Crippen LogP contribution in [0.3, 0.4) is 0 Å². The fraction of sp³-hybridized carbons (Fsp3) is 0.833. The molecule has 0 radical (unpaired) electrons. The molecule has 0 bridgehead atoms. The zero-order chi connectivity index (χ0) is 14.5. The fourth-order valence-corrected chi connectivity index (χ4v) is 2.68. The van der Waals surface area contributed by atoms with Crippen LogP contribution in [0.1, 0.15) is 84.0 Å². The summed E-state index contributed by atoms with van der Waals surface area (Å²) in [7, 11) is 0. The van der Waals surface area contributed by atoms with Gasteiger partial charge in [-0.05, 0) is 31.6 Å². The van der Waals surface area contributed by atoms with Crippen LogP contribution in [-0.4, -0.2) is 12.6 Å². The van der Waals surface area contributed by atoms with Crippen molar-refractivity contribution in [3.8, 4) is 11.8 Å². The summed E-state index contributed by atoms with van der Waals surface area (Å²) in [6, 6.07) is 0. The molecule has 2 nitrogen and oxygen atoms in total. The van der Waals surface area contributed by atoms with E-state index in [1.807, 2.05) is 0 Å². The van der Waals surface area contributed by atoms with Crippen molar-refractivity contribution < 1.29 is 9.53 Å². The predicted octanol–water partition coefficient (Wildman–Crippen LogP) is 4.86. The van der Waals surface area contributed by atoms with E-state index in [1.54, 1.807) is 0 Å². The molecule has 1 atom stereocenters. The minimum absolute atomic E-state index is 0.0417. The normalized spacial score (nSPS) is 23.4. The number of carbonyl (C=O) groups excluding carboxylic acids is 1. The molecule has 1 heterocycles. The molecule has 0 fully saturated rings. The van der Waals surface area contributed by atoms with E-state index < -0.39 is 0 Å². The summed E-state index contributed by atoms with van der Waals surface area (Å²) in [6.07, 6.45) is 13.2. The average molecular weight is 278 g/mol. The van der Waals surface area contributed by atoms with Gasteiger partial charge in [-0.15, -0.1) is 11.8 Å². The number of carbonyl (C=O) groups is 1. The van der Waals surface area contributed by atoms with Gasteiger partial charge in [0.1, 0.15) is 0 Å². The monoisotopic (exact) mass is 278 g/mol. The molecule has 0 amide bonds. The van der Waals surface area contributed by atoms with E-state index in [0.717, 1.165) is 19.3 Å². The van der Waals surface area contributed by atoms with Crippen LogP contribution in [0.25, 0.3) is 0 Å². The van der Waals surface area contributed by atoms with E-state index in [9.17, 15) is 4.79 Å². The highest BCUT2D eigenvalue weighted by Gasteiger charge is 2.11. The lowest BCUT2D eigenvalue weighted by Crippen LogP contribution is -2.14. The summed E-state index contributed by atoms with van der Waals surface area (Å²) in [6.45, 7) is 2.83. The maximum absolute atomic E-state index is 11.7. The van der Waals surface area contributed by atoms with Crippen molar-refractivity contribution in [1.29, 1.82) is 0 Å². The van der Waals surface area contributed by atoms with Gasteiger partial charge < -0.3 is 4.74 Å². The molecule has 0 spiro atoms. The number of hydrogen-bond acceptors (Lipinski definition) is 2. The number of cyclic esters (lactones) is 1. The second-order valence-electron chi connectivity index (χ2n) is 5.85. The van der Waals surface area contributed by atoms with Crippen molar-refractivity contribution in [3.63, 3.8) is 0 Å². The Morgan fingerprint density at radius 2 is 1.75 bits per heavy atom. The number of esters is 1. The van der Waals surface area contributed by atoms with Gasteiger partial charge in [0.05, 0.1) is 6.61 Å². The molecule has 0 saturated heterocycles. The molecule has 1 aliphatic rings. The molecule has 0 aromatic heterocycles. The molecule has 0 aliphatic carbocycles. The third kappa shape index (κ3) is 9.02. The van der Waals surface area contributed by atoms with Crippen LogP contribution < -0.4 is 0 Å². The second-order valence-corrected chi connectivity index (χ2v) is 5.85. The summed E-state index contributed by atoms with van der Waals surface area (Å²) >= 11 is 0. The molecule has 0 saturated carbocycles. The van der Waals surface area contributed by atoms with Gasteiger partial charge >= 0.3 is 5.97 Å². The van der Waals surface area contributed by atoms with Crippen molar-refractivity contribution in [2.75, 3.05) is 6.61 Å². The quantitative estimate of drug-likeness (QED) is 0.532. The SMILES string of the molecule is CCCC1CCCCCCCC#CCCCC(=O)OC1. The smallest absolute Gasteiger partial charge is 0.305 e. The van der Waals surface area contributed by atoms with Gasteiger partial charge in [0, 0.05) is 19.3 Å². The largest absolute Gasteiger partial charge is 0.465 e. The molecule has 0 N–H and O–H groups in total. The van der Waals surface area contributed by atoms with Gasteiger partial charge in [0.2, 0.25) is 0 Å². The Morgan fingerprint density at radius 3 is 2.55 bits per heavy atom. The van der Waals surface area contributed by atoms with Gasteiger partial charge in [-0.25, -0.2) is 0 Å². The molecule has 0 aromatic carbocycles. The van der Waals surface area contributed by atoms with Gasteiger partial charge in [-0.1, -0.05) is 39.0 Å². The van der Waals surface area contributed by atoms with E-state index in [-0.39, 0.29) is 5.97 Å². The van der Waals surface area contributed by atoms with E-state index in [1.165, 1.54) is 51.4 Å². The van der Waals surface area contributed by atoms with Gasteiger partial charge in [0.15, 0.2) is 0 Å². The summed E-state index contributed by atoms with van der Waals surface area (Å²) in [5.74, 6) is 6.89. The Bertz CT molecular complexity index is 311. The first-order valence-corrected chi connectivity index (χ1v) is 8.44. The molecular formula is C18H30O2. The highest BCUT2D eigenvalue weighted by atomic mass is 16.5. The molecule has 1 unspecified atom stereocenters. The molecule has 114 valence electrons. The van der Waals surface area contributed by atoms with E-state index >= 15 is 0 Å². The Balaban J connectivity index is 2.38. The van der Waals surface area contributed by atoms with Gasteiger partial charge in [-0.2, -0.15) is 0 Å². The van der Waals surface area contributed by atoms with E-state index in [4.69, 9.17) is 4.74 Å². The second kappa shape index (κ2) is 11.8. The Morgan fingerprint density at radius 1 is 1.05 bits per heavy atom. The zero-order valence-corrected chi connectivity index (χ0v) is 13.1. The van der Waals surface area contributed by atoms with Crippen LogP contribution >= 0.6 is 0 Å². The van der Waals surface area contributed by atoms with Crippen molar-refractivity contribution in [3.05, 3.63) is 0 Å². The highest BCUT2D eigenvalue weighted by Crippen LogP contribution is 2.18. The number of ether oxygens (including phenoxy) is 1.